The third kappa shape index (κ3) is 3.23. The molecular formula is C14H20N2O2. The predicted octanol–water partition coefficient (Wildman–Crippen LogP) is 1.98. The van der Waals surface area contributed by atoms with Crippen LogP contribution in [0.15, 0.2) is 24.3 Å². The molecule has 4 nitrogen and oxygen atoms in total. The molecule has 1 atom stereocenters. The number of likely N-dealkylation sites (tertiary alicyclic amines) is 1. The van der Waals surface area contributed by atoms with E-state index >= 15 is 0 Å². The molecule has 0 aromatic heterocycles. The van der Waals surface area contributed by atoms with Gasteiger partial charge in [-0.3, -0.25) is 4.79 Å². The van der Waals surface area contributed by atoms with Crippen LogP contribution in [-0.2, 0) is 4.79 Å². The van der Waals surface area contributed by atoms with Gasteiger partial charge in [0.05, 0.1) is 13.0 Å². The average molecular weight is 248 g/mol. The third-order valence-electron chi connectivity index (χ3n) is 3.33. The van der Waals surface area contributed by atoms with Crippen molar-refractivity contribution < 1.29 is 9.53 Å². The molecule has 1 aromatic carbocycles. The number of piperidine rings is 1. The van der Waals surface area contributed by atoms with Gasteiger partial charge < -0.3 is 15.0 Å². The fourth-order valence-electron chi connectivity index (χ4n) is 2.33. The first-order chi connectivity index (χ1) is 8.69. The van der Waals surface area contributed by atoms with E-state index in [1.54, 1.807) is 7.11 Å². The number of amides is 1. The van der Waals surface area contributed by atoms with E-state index in [2.05, 4.69) is 17.3 Å². The molecule has 98 valence electrons. The Labute approximate surface area is 108 Å². The van der Waals surface area contributed by atoms with Crippen LogP contribution in [0.5, 0.6) is 5.75 Å². The maximum atomic E-state index is 12.1. The summed E-state index contributed by atoms with van der Waals surface area (Å²) < 4.78 is 5.14. The third-order valence-corrected chi connectivity index (χ3v) is 3.33. The summed E-state index contributed by atoms with van der Waals surface area (Å²) in [6, 6.07) is 7.46. The van der Waals surface area contributed by atoms with Gasteiger partial charge in [-0.15, -0.1) is 0 Å². The number of carbonyl (C=O) groups excluding carboxylic acids is 1. The Kier molecular flexibility index (Phi) is 4.20. The van der Waals surface area contributed by atoms with E-state index in [-0.39, 0.29) is 11.8 Å². The smallest absolute Gasteiger partial charge is 0.228 e. The summed E-state index contributed by atoms with van der Waals surface area (Å²) in [6.45, 7) is 1.93. The molecule has 0 spiro atoms. The van der Waals surface area contributed by atoms with Gasteiger partial charge in [-0.2, -0.15) is 0 Å². The maximum absolute atomic E-state index is 12.1. The Morgan fingerprint density at radius 1 is 1.50 bits per heavy atom. The molecule has 1 amide bonds. The number of nitrogens with zero attached hydrogens (tertiary/aromatic N) is 1. The van der Waals surface area contributed by atoms with E-state index in [4.69, 9.17) is 4.74 Å². The topological polar surface area (TPSA) is 41.6 Å². The summed E-state index contributed by atoms with van der Waals surface area (Å²) in [7, 11) is 3.68. The Morgan fingerprint density at radius 3 is 3.06 bits per heavy atom. The lowest BCUT2D eigenvalue weighted by atomic mass is 9.97. The number of hydrogen-bond acceptors (Lipinski definition) is 3. The molecule has 0 bridgehead atoms. The normalized spacial score (nSPS) is 20.4. The monoisotopic (exact) mass is 248 g/mol. The summed E-state index contributed by atoms with van der Waals surface area (Å²) in [5.74, 6) is 0.957. The molecule has 0 radical (unpaired) electrons. The van der Waals surface area contributed by atoms with Crippen molar-refractivity contribution in [3.05, 3.63) is 24.3 Å². The van der Waals surface area contributed by atoms with E-state index in [0.29, 0.717) is 0 Å². The number of ether oxygens (including phenoxy) is 1. The quantitative estimate of drug-likeness (QED) is 0.889. The highest BCUT2D eigenvalue weighted by molar-refractivity contribution is 5.92. The van der Waals surface area contributed by atoms with Crippen molar-refractivity contribution in [3.63, 3.8) is 0 Å². The number of methoxy groups -OCH3 is 1. The van der Waals surface area contributed by atoms with Crippen molar-refractivity contribution in [2.45, 2.75) is 12.8 Å². The van der Waals surface area contributed by atoms with Crippen molar-refractivity contribution in [2.24, 2.45) is 5.92 Å². The molecule has 18 heavy (non-hydrogen) atoms. The van der Waals surface area contributed by atoms with E-state index in [1.807, 2.05) is 24.3 Å². The molecule has 1 aliphatic heterocycles. The van der Waals surface area contributed by atoms with Crippen LogP contribution >= 0.6 is 0 Å². The molecular weight excluding hydrogens is 228 g/mol. The van der Waals surface area contributed by atoms with Crippen molar-refractivity contribution >= 4 is 11.6 Å². The highest BCUT2D eigenvalue weighted by Crippen LogP contribution is 2.20. The van der Waals surface area contributed by atoms with E-state index in [0.717, 1.165) is 37.4 Å². The van der Waals surface area contributed by atoms with Gasteiger partial charge in [0, 0.05) is 18.3 Å². The van der Waals surface area contributed by atoms with Gasteiger partial charge in [-0.05, 0) is 38.6 Å². The fourth-order valence-corrected chi connectivity index (χ4v) is 2.33. The summed E-state index contributed by atoms with van der Waals surface area (Å²) in [6.07, 6.45) is 2.06. The van der Waals surface area contributed by atoms with Crippen LogP contribution in [0, 0.1) is 5.92 Å². The fraction of sp³-hybridized carbons (Fsp3) is 0.500. The Bertz CT molecular complexity index is 420. The molecule has 1 saturated heterocycles. The zero-order valence-corrected chi connectivity index (χ0v) is 11.0. The predicted molar refractivity (Wildman–Crippen MR) is 71.8 cm³/mol. The van der Waals surface area contributed by atoms with Crippen molar-refractivity contribution in [1.82, 2.24) is 4.90 Å². The summed E-state index contributed by atoms with van der Waals surface area (Å²) in [5.41, 5.74) is 0.799. The van der Waals surface area contributed by atoms with Gasteiger partial charge >= 0.3 is 0 Å². The van der Waals surface area contributed by atoms with Crippen LogP contribution < -0.4 is 10.1 Å². The summed E-state index contributed by atoms with van der Waals surface area (Å²) >= 11 is 0. The highest BCUT2D eigenvalue weighted by atomic mass is 16.5. The molecule has 1 N–H and O–H groups in total. The Hall–Kier alpha value is -1.55. The van der Waals surface area contributed by atoms with Crippen LogP contribution in [0.3, 0.4) is 0 Å². The van der Waals surface area contributed by atoms with Crippen LogP contribution in [0.2, 0.25) is 0 Å². The molecule has 1 aliphatic rings. The first-order valence-electron chi connectivity index (χ1n) is 6.32. The van der Waals surface area contributed by atoms with E-state index in [9.17, 15) is 4.79 Å². The first kappa shape index (κ1) is 12.9. The minimum absolute atomic E-state index is 0.0925. The van der Waals surface area contributed by atoms with Gasteiger partial charge in [0.15, 0.2) is 0 Å². The van der Waals surface area contributed by atoms with Gasteiger partial charge in [0.2, 0.25) is 5.91 Å². The second-order valence-electron chi connectivity index (χ2n) is 4.82. The van der Waals surface area contributed by atoms with Crippen molar-refractivity contribution in [1.29, 1.82) is 0 Å². The molecule has 0 aliphatic carbocycles. The van der Waals surface area contributed by atoms with Gasteiger partial charge in [0.25, 0.3) is 0 Å². The minimum Gasteiger partial charge on any atom is -0.497 e. The lowest BCUT2D eigenvalue weighted by molar-refractivity contribution is -0.121. The molecule has 0 unspecified atom stereocenters. The zero-order chi connectivity index (χ0) is 13.0. The lowest BCUT2D eigenvalue weighted by Crippen LogP contribution is -2.38. The first-order valence-corrected chi connectivity index (χ1v) is 6.32. The maximum Gasteiger partial charge on any atom is 0.228 e. The van der Waals surface area contributed by atoms with Crippen molar-refractivity contribution in [3.8, 4) is 5.75 Å². The van der Waals surface area contributed by atoms with E-state index < -0.39 is 0 Å². The molecule has 1 heterocycles. The zero-order valence-electron chi connectivity index (χ0n) is 11.0. The Balaban J connectivity index is 1.97. The van der Waals surface area contributed by atoms with Crippen LogP contribution in [0.25, 0.3) is 0 Å². The van der Waals surface area contributed by atoms with Gasteiger partial charge in [-0.1, -0.05) is 6.07 Å². The number of carbonyl (C=O) groups is 1. The second kappa shape index (κ2) is 5.87. The SMILES string of the molecule is COc1cccc(NC(=O)[C@@H]2CCCN(C)C2)c1. The summed E-state index contributed by atoms with van der Waals surface area (Å²) in [5, 5.41) is 2.96. The molecule has 0 saturated carbocycles. The van der Waals surface area contributed by atoms with Crippen LogP contribution in [0.4, 0.5) is 5.69 Å². The number of nitrogens with one attached hydrogen (secondary N) is 1. The minimum atomic E-state index is 0.0925. The number of rotatable bonds is 3. The van der Waals surface area contributed by atoms with E-state index in [1.165, 1.54) is 0 Å². The standard InChI is InChI=1S/C14H20N2O2/c1-16-8-4-5-11(10-16)14(17)15-12-6-3-7-13(9-12)18-2/h3,6-7,9,11H,4-5,8,10H2,1-2H3,(H,15,17)/t11-/m1/s1. The molecule has 2 rings (SSSR count). The van der Waals surface area contributed by atoms with Crippen LogP contribution in [0.1, 0.15) is 12.8 Å². The molecule has 1 fully saturated rings. The molecule has 4 heteroatoms. The second-order valence-corrected chi connectivity index (χ2v) is 4.82. The Morgan fingerprint density at radius 2 is 2.33 bits per heavy atom. The summed E-state index contributed by atoms with van der Waals surface area (Å²) in [4.78, 5) is 14.3. The average Bonchev–Trinajstić information content (AvgIpc) is 2.39. The lowest BCUT2D eigenvalue weighted by Gasteiger charge is -2.28. The van der Waals surface area contributed by atoms with Crippen molar-refractivity contribution in [2.75, 3.05) is 32.6 Å². The largest absolute Gasteiger partial charge is 0.497 e. The molecule has 1 aromatic rings. The van der Waals surface area contributed by atoms with Gasteiger partial charge in [-0.25, -0.2) is 0 Å². The van der Waals surface area contributed by atoms with Gasteiger partial charge in [0.1, 0.15) is 5.75 Å². The number of benzene rings is 1. The number of anilines is 1. The highest BCUT2D eigenvalue weighted by Gasteiger charge is 2.23. The van der Waals surface area contributed by atoms with Crippen LogP contribution in [-0.4, -0.2) is 38.1 Å². The number of hydrogen-bond donors (Lipinski definition) is 1.